The molecule has 0 aliphatic heterocycles. The highest BCUT2D eigenvalue weighted by atomic mass is 35.5. The van der Waals surface area contributed by atoms with Crippen molar-refractivity contribution in [3.63, 3.8) is 0 Å². The zero-order chi connectivity index (χ0) is 22.1. The number of carbonyl (C=O) groups excluding carboxylic acids is 1. The summed E-state index contributed by atoms with van der Waals surface area (Å²) in [4.78, 5) is 12.3. The van der Waals surface area contributed by atoms with Crippen molar-refractivity contribution < 1.29 is 22.7 Å². The fraction of sp³-hybridized carbons (Fsp3) is 0.350. The third-order valence-electron chi connectivity index (χ3n) is 4.13. The molecule has 0 aliphatic rings. The maximum Gasteiger partial charge on any atom is 0.240 e. The Morgan fingerprint density at radius 3 is 2.47 bits per heavy atom. The quantitative estimate of drug-likeness (QED) is 0.505. The first-order chi connectivity index (χ1) is 14.3. The van der Waals surface area contributed by atoms with E-state index in [4.69, 9.17) is 21.1 Å². The number of anilines is 1. The lowest BCUT2D eigenvalue weighted by molar-refractivity contribution is -0.119. The van der Waals surface area contributed by atoms with Crippen LogP contribution in [0.2, 0.25) is 5.02 Å². The second-order valence-corrected chi connectivity index (χ2v) is 9.72. The Bertz CT molecular complexity index is 969. The Kier molecular flexibility index (Phi) is 9.13. The number of hydrogen-bond donors (Lipinski definition) is 1. The van der Waals surface area contributed by atoms with E-state index in [9.17, 15) is 13.2 Å². The van der Waals surface area contributed by atoms with Gasteiger partial charge in [-0.3, -0.25) is 9.10 Å². The molecule has 10 heteroatoms. The molecule has 2 aromatic rings. The van der Waals surface area contributed by atoms with Gasteiger partial charge in [-0.05, 0) is 23.8 Å². The van der Waals surface area contributed by atoms with E-state index in [1.807, 2.05) is 24.3 Å². The van der Waals surface area contributed by atoms with Crippen molar-refractivity contribution in [2.45, 2.75) is 5.75 Å². The van der Waals surface area contributed by atoms with Crippen molar-refractivity contribution in [3.8, 4) is 11.5 Å². The minimum absolute atomic E-state index is 0.318. The van der Waals surface area contributed by atoms with Gasteiger partial charge >= 0.3 is 0 Å². The number of halogens is 1. The van der Waals surface area contributed by atoms with E-state index in [-0.39, 0.29) is 6.54 Å². The van der Waals surface area contributed by atoms with Crippen LogP contribution in [0.4, 0.5) is 5.69 Å². The van der Waals surface area contributed by atoms with Gasteiger partial charge in [0.15, 0.2) is 11.5 Å². The second kappa shape index (κ2) is 11.3. The molecular weight excluding hydrogens is 448 g/mol. The smallest absolute Gasteiger partial charge is 0.240 e. The molecule has 0 atom stereocenters. The number of ether oxygens (including phenoxy) is 2. The summed E-state index contributed by atoms with van der Waals surface area (Å²) >= 11 is 7.75. The van der Waals surface area contributed by atoms with Crippen molar-refractivity contribution in [2.24, 2.45) is 0 Å². The molecule has 0 spiro atoms. The van der Waals surface area contributed by atoms with E-state index >= 15 is 0 Å². The van der Waals surface area contributed by atoms with Crippen LogP contribution in [-0.4, -0.2) is 53.6 Å². The monoisotopic (exact) mass is 472 g/mol. The van der Waals surface area contributed by atoms with Gasteiger partial charge in [-0.2, -0.15) is 11.8 Å². The molecule has 0 fully saturated rings. The number of amides is 1. The van der Waals surface area contributed by atoms with Crippen molar-refractivity contribution in [1.82, 2.24) is 5.32 Å². The molecule has 0 aliphatic carbocycles. The Labute approximate surface area is 186 Å². The van der Waals surface area contributed by atoms with Gasteiger partial charge in [-0.1, -0.05) is 29.8 Å². The lowest BCUT2D eigenvalue weighted by atomic mass is 10.2. The summed E-state index contributed by atoms with van der Waals surface area (Å²) in [5.41, 5.74) is 1.35. The average Bonchev–Trinajstić information content (AvgIpc) is 2.71. The van der Waals surface area contributed by atoms with Gasteiger partial charge in [-0.25, -0.2) is 8.42 Å². The second-order valence-electron chi connectivity index (χ2n) is 6.30. The van der Waals surface area contributed by atoms with Gasteiger partial charge in [-0.15, -0.1) is 0 Å². The average molecular weight is 473 g/mol. The molecular formula is C20H25ClN2O5S2. The van der Waals surface area contributed by atoms with Crippen molar-refractivity contribution >= 4 is 45.0 Å². The zero-order valence-corrected chi connectivity index (χ0v) is 19.4. The number of rotatable bonds is 11. The molecule has 1 amide bonds. The van der Waals surface area contributed by atoms with Gasteiger partial charge < -0.3 is 14.8 Å². The highest BCUT2D eigenvalue weighted by Gasteiger charge is 2.22. The Balaban J connectivity index is 1.92. The molecule has 0 aromatic heterocycles. The van der Waals surface area contributed by atoms with E-state index < -0.39 is 15.9 Å². The topological polar surface area (TPSA) is 84.9 Å². The summed E-state index contributed by atoms with van der Waals surface area (Å²) in [7, 11) is -0.730. The van der Waals surface area contributed by atoms with Gasteiger partial charge in [0.25, 0.3) is 0 Å². The van der Waals surface area contributed by atoms with E-state index in [2.05, 4.69) is 5.32 Å². The number of hydrogen-bond acceptors (Lipinski definition) is 6. The SMILES string of the molecule is COc1ccc(N(CC(=O)NCCSCc2ccccc2Cl)S(C)(=O)=O)cc1OC. The highest BCUT2D eigenvalue weighted by Crippen LogP contribution is 2.32. The van der Waals surface area contributed by atoms with Crippen LogP contribution in [0.3, 0.4) is 0 Å². The highest BCUT2D eigenvalue weighted by molar-refractivity contribution is 7.98. The molecule has 0 saturated carbocycles. The van der Waals surface area contributed by atoms with Crippen LogP contribution in [0.25, 0.3) is 0 Å². The summed E-state index contributed by atoms with van der Waals surface area (Å²) in [5, 5.41) is 3.47. The molecule has 0 unspecified atom stereocenters. The van der Waals surface area contributed by atoms with Crippen molar-refractivity contribution in [3.05, 3.63) is 53.1 Å². The first-order valence-electron chi connectivity index (χ1n) is 9.04. The first kappa shape index (κ1) is 24.2. The molecule has 0 heterocycles. The van der Waals surface area contributed by atoms with Crippen molar-refractivity contribution in [2.75, 3.05) is 43.6 Å². The number of nitrogens with zero attached hydrogens (tertiary/aromatic N) is 1. The van der Waals surface area contributed by atoms with E-state index in [1.165, 1.54) is 20.3 Å². The van der Waals surface area contributed by atoms with Gasteiger partial charge in [0, 0.05) is 29.1 Å². The Morgan fingerprint density at radius 2 is 1.83 bits per heavy atom. The minimum atomic E-state index is -3.68. The Morgan fingerprint density at radius 1 is 1.13 bits per heavy atom. The molecule has 0 saturated heterocycles. The molecule has 0 bridgehead atoms. The van der Waals surface area contributed by atoms with Gasteiger partial charge in [0.1, 0.15) is 6.54 Å². The van der Waals surface area contributed by atoms with Crippen LogP contribution in [0, 0.1) is 0 Å². The normalized spacial score (nSPS) is 11.1. The largest absolute Gasteiger partial charge is 0.493 e. The number of methoxy groups -OCH3 is 2. The maximum absolute atomic E-state index is 12.3. The van der Waals surface area contributed by atoms with Crippen molar-refractivity contribution in [1.29, 1.82) is 0 Å². The lowest BCUT2D eigenvalue weighted by Gasteiger charge is -2.23. The Hall–Kier alpha value is -2.10. The van der Waals surface area contributed by atoms with Crippen LogP contribution < -0.4 is 19.1 Å². The number of sulfonamides is 1. The fourth-order valence-corrected chi connectivity index (χ4v) is 4.62. The molecule has 2 aromatic carbocycles. The summed E-state index contributed by atoms with van der Waals surface area (Å²) < 4.78 is 35.9. The van der Waals surface area contributed by atoms with E-state index in [0.717, 1.165) is 21.9 Å². The van der Waals surface area contributed by atoms with E-state index in [0.29, 0.717) is 34.5 Å². The van der Waals surface area contributed by atoms with Gasteiger partial charge in [0.2, 0.25) is 15.9 Å². The van der Waals surface area contributed by atoms with Crippen LogP contribution in [0.5, 0.6) is 11.5 Å². The number of carbonyl (C=O) groups is 1. The minimum Gasteiger partial charge on any atom is -0.493 e. The number of thioether (sulfide) groups is 1. The summed E-state index contributed by atoms with van der Waals surface area (Å²) in [6, 6.07) is 12.3. The number of nitrogens with one attached hydrogen (secondary N) is 1. The molecule has 1 N–H and O–H groups in total. The van der Waals surface area contributed by atoms with Crippen LogP contribution in [0.15, 0.2) is 42.5 Å². The van der Waals surface area contributed by atoms with Crippen LogP contribution in [0.1, 0.15) is 5.56 Å². The zero-order valence-electron chi connectivity index (χ0n) is 17.1. The third-order valence-corrected chi connectivity index (χ3v) is 6.64. The number of benzene rings is 2. The fourth-order valence-electron chi connectivity index (χ4n) is 2.63. The van der Waals surface area contributed by atoms with E-state index in [1.54, 1.807) is 23.9 Å². The van der Waals surface area contributed by atoms with Crippen LogP contribution in [-0.2, 0) is 20.6 Å². The third kappa shape index (κ3) is 7.00. The summed E-state index contributed by atoms with van der Waals surface area (Å²) in [6.07, 6.45) is 1.05. The predicted octanol–water partition coefficient (Wildman–Crippen LogP) is 3.17. The predicted molar refractivity (Wildman–Crippen MR) is 122 cm³/mol. The first-order valence-corrected chi connectivity index (χ1v) is 12.4. The standard InChI is InChI=1S/C20H25ClN2O5S2/c1-27-18-9-8-16(12-19(18)28-2)23(30(3,25)26)13-20(24)22-10-11-29-14-15-6-4-5-7-17(15)21/h4-9,12H,10-11,13-14H2,1-3H3,(H,22,24). The maximum atomic E-state index is 12.3. The lowest BCUT2D eigenvalue weighted by Crippen LogP contribution is -2.41. The molecule has 30 heavy (non-hydrogen) atoms. The summed E-state index contributed by atoms with van der Waals surface area (Å²) in [5.74, 6) is 1.85. The molecule has 164 valence electrons. The van der Waals surface area contributed by atoms with Gasteiger partial charge in [0.05, 0.1) is 26.2 Å². The van der Waals surface area contributed by atoms with Crippen LogP contribution >= 0.6 is 23.4 Å². The molecule has 0 radical (unpaired) electrons. The molecule has 2 rings (SSSR count). The summed E-state index contributed by atoms with van der Waals surface area (Å²) in [6.45, 7) is 0.0843. The molecule has 7 nitrogen and oxygen atoms in total.